The summed E-state index contributed by atoms with van der Waals surface area (Å²) in [4.78, 5) is 0.243. The molecule has 0 aliphatic carbocycles. The van der Waals surface area contributed by atoms with Crippen molar-refractivity contribution in [2.75, 3.05) is 0 Å². The quantitative estimate of drug-likeness (QED) is 0.673. The van der Waals surface area contributed by atoms with Gasteiger partial charge in [0, 0.05) is 0 Å². The molecule has 8 heteroatoms. The van der Waals surface area contributed by atoms with Gasteiger partial charge >= 0.3 is 18.0 Å². The minimum atomic E-state index is -6.27. The molecule has 0 aromatic heterocycles. The first kappa shape index (κ1) is 12.7. The summed E-state index contributed by atoms with van der Waals surface area (Å²) in [5, 5.41) is 0. The zero-order chi connectivity index (χ0) is 10.9. The molecule has 0 saturated heterocycles. The average Bonchev–Trinajstić information content (AvgIpc) is 1.84. The zero-order valence-corrected chi connectivity index (χ0v) is 7.26. The molecule has 0 aliphatic rings. The van der Waals surface area contributed by atoms with Gasteiger partial charge in [-0.3, -0.25) is 0 Å². The second-order valence-electron chi connectivity index (χ2n) is 1.99. The van der Waals surface area contributed by atoms with Crippen molar-refractivity contribution >= 4 is 15.9 Å². The van der Waals surface area contributed by atoms with E-state index in [-0.39, 0.29) is 4.99 Å². The van der Waals surface area contributed by atoms with Crippen LogP contribution in [-0.4, -0.2) is 18.0 Å². The fourth-order valence-electron chi connectivity index (χ4n) is 0.373. The van der Waals surface area contributed by atoms with Gasteiger partial charge in [0.25, 0.3) is 0 Å². The lowest BCUT2D eigenvalue weighted by molar-refractivity contribution is -0.341. The van der Waals surface area contributed by atoms with Crippen molar-refractivity contribution in [2.24, 2.45) is 0 Å². The van der Waals surface area contributed by atoms with Crippen molar-refractivity contribution < 1.29 is 30.7 Å². The predicted octanol–water partition coefficient (Wildman–Crippen LogP) is 3.73. The Kier molecular flexibility index (Phi) is 3.40. The molecule has 0 aliphatic heterocycles. The summed E-state index contributed by atoms with van der Waals surface area (Å²) in [6, 6.07) is 0. The summed E-state index contributed by atoms with van der Waals surface area (Å²) >= 11 is 2.18. The first-order chi connectivity index (χ1) is 5.56. The smallest absolute Gasteiger partial charge is 0.195 e. The van der Waals surface area contributed by atoms with Crippen molar-refractivity contribution in [1.29, 1.82) is 0 Å². The van der Waals surface area contributed by atoms with E-state index in [9.17, 15) is 30.7 Å². The summed E-state index contributed by atoms with van der Waals surface area (Å²) < 4.78 is 82.2. The molecule has 0 aromatic rings. The van der Waals surface area contributed by atoms with Gasteiger partial charge < -0.3 is 0 Å². The van der Waals surface area contributed by atoms with Crippen LogP contribution in [0.1, 0.15) is 0 Å². The molecule has 78 valence electrons. The molecule has 0 saturated carbocycles. The molecule has 0 spiro atoms. The molecule has 13 heavy (non-hydrogen) atoms. The van der Waals surface area contributed by atoms with Crippen LogP contribution in [0.4, 0.5) is 30.7 Å². The van der Waals surface area contributed by atoms with Crippen LogP contribution in [-0.2, 0) is 0 Å². The largest absolute Gasteiger partial charge is 0.460 e. The van der Waals surface area contributed by atoms with E-state index in [1.165, 1.54) is 0 Å². The lowest BCUT2D eigenvalue weighted by atomic mass is 10.1. The molecular weight excluding hydrogens is 273 g/mol. The molecule has 0 atom stereocenters. The standard InChI is InChI=1S/C5H2BrF7/c6-2-1-3(7,8)4(9,10)5(11,12)13/h1-2H/b2-1+. The SMILES string of the molecule is FC(F)(F)C(F)(F)C(F)(F)/C=C/Br. The van der Waals surface area contributed by atoms with Crippen LogP contribution in [0, 0.1) is 0 Å². The fraction of sp³-hybridized carbons (Fsp3) is 0.600. The minimum absolute atomic E-state index is 0.243. The normalized spacial score (nSPS) is 15.4. The molecule has 0 aromatic carbocycles. The maximum atomic E-state index is 12.1. The molecule has 0 unspecified atom stereocenters. The highest BCUT2D eigenvalue weighted by Crippen LogP contribution is 2.47. The Bertz CT molecular complexity index is 203. The number of alkyl halides is 7. The van der Waals surface area contributed by atoms with Crippen LogP contribution < -0.4 is 0 Å². The monoisotopic (exact) mass is 274 g/mol. The third kappa shape index (κ3) is 2.35. The van der Waals surface area contributed by atoms with Crippen LogP contribution >= 0.6 is 15.9 Å². The van der Waals surface area contributed by atoms with E-state index in [1.807, 2.05) is 0 Å². The molecule has 0 amide bonds. The summed E-state index contributed by atoms with van der Waals surface area (Å²) in [5.41, 5.74) is 0. The zero-order valence-electron chi connectivity index (χ0n) is 5.68. The van der Waals surface area contributed by atoms with E-state index in [1.54, 1.807) is 0 Å². The van der Waals surface area contributed by atoms with Crippen LogP contribution in [0.3, 0.4) is 0 Å². The highest BCUT2D eigenvalue weighted by Gasteiger charge is 2.71. The van der Waals surface area contributed by atoms with Crippen molar-refractivity contribution in [2.45, 2.75) is 18.0 Å². The van der Waals surface area contributed by atoms with Gasteiger partial charge in [-0.15, -0.1) is 0 Å². The van der Waals surface area contributed by atoms with E-state index >= 15 is 0 Å². The van der Waals surface area contributed by atoms with Crippen molar-refractivity contribution in [3.63, 3.8) is 0 Å². The number of allylic oxidation sites excluding steroid dienone is 1. The van der Waals surface area contributed by atoms with Gasteiger partial charge in [-0.25, -0.2) is 0 Å². The van der Waals surface area contributed by atoms with E-state index in [2.05, 4.69) is 15.9 Å². The lowest BCUT2D eigenvalue weighted by Gasteiger charge is -2.25. The first-order valence-corrected chi connectivity index (χ1v) is 3.58. The predicted molar refractivity (Wildman–Crippen MR) is 34.0 cm³/mol. The minimum Gasteiger partial charge on any atom is -0.195 e. The van der Waals surface area contributed by atoms with E-state index in [0.717, 1.165) is 0 Å². The van der Waals surface area contributed by atoms with Crippen LogP contribution in [0.15, 0.2) is 11.1 Å². The number of hydrogen-bond donors (Lipinski definition) is 0. The van der Waals surface area contributed by atoms with Crippen molar-refractivity contribution in [3.8, 4) is 0 Å². The topological polar surface area (TPSA) is 0 Å². The highest BCUT2D eigenvalue weighted by atomic mass is 79.9. The maximum absolute atomic E-state index is 12.1. The first-order valence-electron chi connectivity index (χ1n) is 2.66. The molecule has 0 radical (unpaired) electrons. The number of hydrogen-bond acceptors (Lipinski definition) is 0. The Hall–Kier alpha value is -0.270. The van der Waals surface area contributed by atoms with E-state index in [4.69, 9.17) is 0 Å². The second-order valence-corrected chi connectivity index (χ2v) is 2.52. The van der Waals surface area contributed by atoms with Crippen LogP contribution in [0.25, 0.3) is 0 Å². The van der Waals surface area contributed by atoms with Crippen LogP contribution in [0.2, 0.25) is 0 Å². The highest BCUT2D eigenvalue weighted by molar-refractivity contribution is 9.11. The van der Waals surface area contributed by atoms with Gasteiger partial charge in [0.1, 0.15) is 0 Å². The second kappa shape index (κ2) is 3.47. The molecule has 0 rings (SSSR count). The Balaban J connectivity index is 5.03. The van der Waals surface area contributed by atoms with Gasteiger partial charge in [-0.05, 0) is 11.1 Å². The third-order valence-electron chi connectivity index (χ3n) is 1.05. The Morgan fingerprint density at radius 1 is 0.846 bits per heavy atom. The summed E-state index contributed by atoms with van der Waals surface area (Å²) in [5.74, 6) is -11.3. The summed E-state index contributed by atoms with van der Waals surface area (Å²) in [6.45, 7) is 0. The Morgan fingerprint density at radius 2 is 1.23 bits per heavy atom. The van der Waals surface area contributed by atoms with Crippen molar-refractivity contribution in [1.82, 2.24) is 0 Å². The summed E-state index contributed by atoms with van der Waals surface area (Å²) in [6.07, 6.45) is -6.84. The van der Waals surface area contributed by atoms with Gasteiger partial charge in [-0.1, -0.05) is 15.9 Å². The Morgan fingerprint density at radius 3 is 1.46 bits per heavy atom. The molecular formula is C5H2BrF7. The van der Waals surface area contributed by atoms with Crippen LogP contribution in [0.5, 0.6) is 0 Å². The van der Waals surface area contributed by atoms with Gasteiger partial charge in [0.05, 0.1) is 0 Å². The molecule has 0 heterocycles. The van der Waals surface area contributed by atoms with E-state index < -0.39 is 24.1 Å². The molecule has 0 nitrogen and oxygen atoms in total. The average molecular weight is 275 g/mol. The lowest BCUT2D eigenvalue weighted by Crippen LogP contribution is -2.50. The maximum Gasteiger partial charge on any atom is 0.460 e. The van der Waals surface area contributed by atoms with Gasteiger partial charge in [-0.2, -0.15) is 30.7 Å². The van der Waals surface area contributed by atoms with E-state index in [0.29, 0.717) is 0 Å². The molecule has 0 N–H and O–H groups in total. The molecule has 0 fully saturated rings. The third-order valence-corrected chi connectivity index (χ3v) is 1.31. The number of halogens is 8. The fourth-order valence-corrected chi connectivity index (χ4v) is 0.705. The summed E-state index contributed by atoms with van der Waals surface area (Å²) in [7, 11) is 0. The molecule has 0 bridgehead atoms. The van der Waals surface area contributed by atoms with Gasteiger partial charge in [0.15, 0.2) is 0 Å². The van der Waals surface area contributed by atoms with Crippen molar-refractivity contribution in [3.05, 3.63) is 11.1 Å². The Labute approximate surface area is 76.5 Å². The number of rotatable bonds is 2. The van der Waals surface area contributed by atoms with Gasteiger partial charge in [0.2, 0.25) is 0 Å².